The smallest absolute Gasteiger partial charge is 0.417 e. The van der Waals surface area contributed by atoms with Crippen molar-refractivity contribution < 1.29 is 35.9 Å². The Bertz CT molecular complexity index is 1570. The molecule has 1 amide bonds. The second-order valence-corrected chi connectivity index (χ2v) is 9.26. The number of amides is 1. The van der Waals surface area contributed by atoms with Crippen LogP contribution in [-0.4, -0.2) is 31.1 Å². The molecule has 0 radical (unpaired) electrons. The van der Waals surface area contributed by atoms with E-state index in [1.807, 2.05) is 0 Å². The van der Waals surface area contributed by atoms with E-state index in [0.29, 0.717) is 22.4 Å². The maximum Gasteiger partial charge on any atom is 0.417 e. The second-order valence-electron chi connectivity index (χ2n) is 7.17. The Morgan fingerprint density at radius 3 is 2.57 bits per heavy atom. The summed E-state index contributed by atoms with van der Waals surface area (Å²) in [5, 5.41) is 0.249. The lowest BCUT2D eigenvalue weighted by atomic mass is 10.2. The molecule has 0 aliphatic heterocycles. The van der Waals surface area contributed by atoms with E-state index in [4.69, 9.17) is 26.8 Å². The number of primary amides is 1. The Kier molecular flexibility index (Phi) is 6.15. The van der Waals surface area contributed by atoms with Gasteiger partial charge >= 0.3 is 12.3 Å². The average molecular weight is 529 g/mol. The van der Waals surface area contributed by atoms with Crippen LogP contribution in [0.1, 0.15) is 12.5 Å². The van der Waals surface area contributed by atoms with Gasteiger partial charge < -0.3 is 20.2 Å². The van der Waals surface area contributed by atoms with Crippen LogP contribution in [0, 0.1) is 0 Å². The first-order chi connectivity index (χ1) is 16.4. The molecule has 35 heavy (non-hydrogen) atoms. The monoisotopic (exact) mass is 528 g/mol. The summed E-state index contributed by atoms with van der Waals surface area (Å²) in [7, 11) is -4.30. The number of halogens is 4. The summed E-state index contributed by atoms with van der Waals surface area (Å²) in [6, 6.07) is 8.20. The van der Waals surface area contributed by atoms with Crippen molar-refractivity contribution in [2.24, 2.45) is 5.73 Å². The third-order valence-electron chi connectivity index (χ3n) is 4.83. The molecule has 4 rings (SSSR count). The average Bonchev–Trinajstić information content (AvgIpc) is 3.12. The van der Waals surface area contributed by atoms with E-state index in [-0.39, 0.29) is 34.5 Å². The zero-order valence-corrected chi connectivity index (χ0v) is 19.3. The van der Waals surface area contributed by atoms with Crippen LogP contribution in [0.2, 0.25) is 5.02 Å². The van der Waals surface area contributed by atoms with Gasteiger partial charge in [-0.2, -0.15) is 18.2 Å². The molecule has 0 bridgehead atoms. The number of pyridine rings is 1. The third-order valence-corrected chi connectivity index (χ3v) is 6.54. The molecule has 9 nitrogen and oxygen atoms in total. The number of carbonyl (C=O) groups is 1. The number of sulfonamides is 1. The number of ether oxygens (including phenoxy) is 2. The zero-order valence-electron chi connectivity index (χ0n) is 17.7. The topological polar surface area (TPSA) is 136 Å². The molecular formula is C21H16ClF3N4O5S. The van der Waals surface area contributed by atoms with Crippen molar-refractivity contribution in [3.8, 4) is 11.8 Å². The van der Waals surface area contributed by atoms with Gasteiger partial charge in [-0.3, -0.25) is 4.72 Å². The van der Waals surface area contributed by atoms with Crippen LogP contribution < -0.4 is 19.9 Å². The quantitative estimate of drug-likeness (QED) is 0.320. The number of aromatic amines is 1. The number of benzene rings is 2. The lowest BCUT2D eigenvalue weighted by Crippen LogP contribution is -2.17. The van der Waals surface area contributed by atoms with Crippen molar-refractivity contribution in [3.63, 3.8) is 0 Å². The minimum Gasteiger partial charge on any atom is -0.478 e. The van der Waals surface area contributed by atoms with Crippen LogP contribution in [0.3, 0.4) is 0 Å². The van der Waals surface area contributed by atoms with Crippen molar-refractivity contribution >= 4 is 55.2 Å². The highest BCUT2D eigenvalue weighted by molar-refractivity contribution is 7.92. The molecule has 0 unspecified atom stereocenters. The van der Waals surface area contributed by atoms with Crippen molar-refractivity contribution in [1.82, 2.24) is 9.97 Å². The van der Waals surface area contributed by atoms with Crippen molar-refractivity contribution in [3.05, 3.63) is 53.1 Å². The van der Waals surface area contributed by atoms with E-state index < -0.39 is 32.9 Å². The summed E-state index contributed by atoms with van der Waals surface area (Å²) < 4.78 is 77.9. The minimum absolute atomic E-state index is 0.101. The number of carbonyl (C=O) groups excluding carboxylic acids is 1. The van der Waals surface area contributed by atoms with Gasteiger partial charge in [0, 0.05) is 28.0 Å². The van der Waals surface area contributed by atoms with Gasteiger partial charge in [-0.1, -0.05) is 11.6 Å². The SMILES string of the molecule is CCOc1cc2c([nH]c3ccc(S(=O)(=O)Nc4ccc(Cl)c(C(F)(F)F)c4)cc32)c(OC(N)=O)n1. The largest absolute Gasteiger partial charge is 0.478 e. The first-order valence-corrected chi connectivity index (χ1v) is 11.7. The first-order valence-electron chi connectivity index (χ1n) is 9.85. The molecule has 0 fully saturated rings. The van der Waals surface area contributed by atoms with E-state index in [1.54, 1.807) is 6.92 Å². The molecule has 0 aliphatic carbocycles. The number of fused-ring (bicyclic) bond motifs is 3. The Hall–Kier alpha value is -3.71. The van der Waals surface area contributed by atoms with Gasteiger partial charge in [-0.05, 0) is 43.3 Å². The maximum absolute atomic E-state index is 13.2. The predicted molar refractivity (Wildman–Crippen MR) is 122 cm³/mol. The van der Waals surface area contributed by atoms with E-state index >= 15 is 0 Å². The van der Waals surface area contributed by atoms with Crippen LogP contribution >= 0.6 is 11.6 Å². The van der Waals surface area contributed by atoms with E-state index in [1.165, 1.54) is 24.3 Å². The second kappa shape index (κ2) is 8.82. The molecular weight excluding hydrogens is 513 g/mol. The Morgan fingerprint density at radius 2 is 1.91 bits per heavy atom. The van der Waals surface area contributed by atoms with Gasteiger partial charge in [0.2, 0.25) is 5.88 Å². The lowest BCUT2D eigenvalue weighted by molar-refractivity contribution is -0.137. The van der Waals surface area contributed by atoms with Gasteiger partial charge in [0.1, 0.15) is 5.52 Å². The van der Waals surface area contributed by atoms with Gasteiger partial charge in [0.15, 0.2) is 0 Å². The van der Waals surface area contributed by atoms with Gasteiger partial charge in [0.05, 0.1) is 22.1 Å². The summed E-state index contributed by atoms with van der Waals surface area (Å²) in [5.41, 5.74) is 4.35. The number of anilines is 1. The number of nitrogens with zero attached hydrogens (tertiary/aromatic N) is 1. The van der Waals surface area contributed by atoms with Gasteiger partial charge in [-0.25, -0.2) is 13.2 Å². The summed E-state index contributed by atoms with van der Waals surface area (Å²) in [4.78, 5) is 18.1. The fourth-order valence-electron chi connectivity index (χ4n) is 3.40. The predicted octanol–water partition coefficient (Wildman–Crippen LogP) is 5.05. The summed E-state index contributed by atoms with van der Waals surface area (Å²) >= 11 is 5.60. The number of nitrogens with one attached hydrogen (secondary N) is 2. The molecule has 4 N–H and O–H groups in total. The molecule has 2 aromatic heterocycles. The molecule has 0 atom stereocenters. The van der Waals surface area contributed by atoms with Gasteiger partial charge in [-0.15, -0.1) is 0 Å². The summed E-state index contributed by atoms with van der Waals surface area (Å²) in [6.07, 6.45) is -5.88. The number of hydrogen-bond acceptors (Lipinski definition) is 6. The molecule has 0 aliphatic rings. The molecule has 0 saturated heterocycles. The summed E-state index contributed by atoms with van der Waals surface area (Å²) in [5.74, 6) is -0.0672. The zero-order chi connectivity index (χ0) is 25.5. The first kappa shape index (κ1) is 24.4. The van der Waals surface area contributed by atoms with Crippen LogP contribution in [0.5, 0.6) is 11.8 Å². The van der Waals surface area contributed by atoms with E-state index in [0.717, 1.165) is 12.1 Å². The maximum atomic E-state index is 13.2. The number of hydrogen-bond donors (Lipinski definition) is 3. The van der Waals surface area contributed by atoms with Crippen molar-refractivity contribution in [1.29, 1.82) is 0 Å². The number of nitrogens with two attached hydrogens (primary N) is 1. The lowest BCUT2D eigenvalue weighted by Gasteiger charge is -2.13. The molecule has 2 heterocycles. The molecule has 184 valence electrons. The summed E-state index contributed by atoms with van der Waals surface area (Å²) in [6.45, 7) is 1.97. The number of alkyl halides is 3. The number of H-pyrrole nitrogens is 1. The molecule has 14 heteroatoms. The highest BCUT2D eigenvalue weighted by Gasteiger charge is 2.33. The number of aromatic nitrogens is 2. The third kappa shape index (κ3) is 4.91. The number of rotatable bonds is 6. The van der Waals surface area contributed by atoms with E-state index in [2.05, 4.69) is 14.7 Å². The van der Waals surface area contributed by atoms with Gasteiger partial charge in [0.25, 0.3) is 15.9 Å². The normalized spacial score (nSPS) is 12.1. The molecule has 2 aromatic carbocycles. The fourth-order valence-corrected chi connectivity index (χ4v) is 4.70. The highest BCUT2D eigenvalue weighted by atomic mass is 35.5. The Balaban J connectivity index is 1.80. The minimum atomic E-state index is -4.77. The molecule has 0 spiro atoms. The highest BCUT2D eigenvalue weighted by Crippen LogP contribution is 2.37. The van der Waals surface area contributed by atoms with Crippen LogP contribution in [0.4, 0.5) is 23.7 Å². The standard InChI is InChI=1S/C21H16ClF3N4O5S/c1-2-33-17-9-13-12-8-11(4-6-16(12)27-18(13)19(28-17)34-20(26)30)35(31,32)29-10-3-5-15(22)14(7-10)21(23,24)25/h3-9,27,29H,2H2,1H3,(H2,26,30). The van der Waals surface area contributed by atoms with Crippen molar-refractivity contribution in [2.75, 3.05) is 11.3 Å². The van der Waals surface area contributed by atoms with Crippen LogP contribution in [0.25, 0.3) is 21.8 Å². The van der Waals surface area contributed by atoms with E-state index in [9.17, 15) is 26.4 Å². The fraction of sp³-hybridized carbons (Fsp3) is 0.143. The Labute approximate surface area is 201 Å². The molecule has 4 aromatic rings. The molecule has 0 saturated carbocycles. The Morgan fingerprint density at radius 1 is 1.17 bits per heavy atom. The van der Waals surface area contributed by atoms with Crippen LogP contribution in [0.15, 0.2) is 47.4 Å². The van der Waals surface area contributed by atoms with Crippen LogP contribution in [-0.2, 0) is 16.2 Å². The van der Waals surface area contributed by atoms with Crippen molar-refractivity contribution in [2.45, 2.75) is 18.0 Å².